The molecule has 0 atom stereocenters. The molecule has 0 fully saturated rings. The number of hydrogen-bond donors (Lipinski definition) is 0. The lowest BCUT2D eigenvalue weighted by Gasteiger charge is -2.03. The predicted molar refractivity (Wildman–Crippen MR) is 48.5 cm³/mol. The van der Waals surface area contributed by atoms with Crippen LogP contribution in [0.15, 0.2) is 24.3 Å². The Morgan fingerprint density at radius 1 is 1.18 bits per heavy atom. The largest absolute Gasteiger partial charge is 0.0766 e. The molecular weight excluding hydrogens is 132 g/mol. The molecule has 56 valence electrons. The maximum absolute atomic E-state index is 2.30. The number of fused-ring (bicyclic) bond motifs is 1. The van der Waals surface area contributed by atoms with E-state index in [1.54, 1.807) is 0 Å². The van der Waals surface area contributed by atoms with Gasteiger partial charge < -0.3 is 0 Å². The van der Waals surface area contributed by atoms with Crippen molar-refractivity contribution in [3.8, 4) is 0 Å². The first-order valence-electron chi connectivity index (χ1n) is 4.04. The molecule has 0 saturated heterocycles. The third-order valence-electron chi connectivity index (χ3n) is 2.45. The van der Waals surface area contributed by atoms with Gasteiger partial charge in [0.25, 0.3) is 0 Å². The minimum Gasteiger partial charge on any atom is -0.0766 e. The summed E-state index contributed by atoms with van der Waals surface area (Å²) in [5.41, 5.74) is 5.83. The van der Waals surface area contributed by atoms with E-state index in [-0.39, 0.29) is 0 Å². The van der Waals surface area contributed by atoms with Crippen LogP contribution in [-0.4, -0.2) is 0 Å². The summed E-state index contributed by atoms with van der Waals surface area (Å²) in [5, 5.41) is 0. The summed E-state index contributed by atoms with van der Waals surface area (Å²) in [4.78, 5) is 0. The zero-order chi connectivity index (χ0) is 7.84. The van der Waals surface area contributed by atoms with Crippen LogP contribution in [-0.2, 0) is 6.42 Å². The maximum atomic E-state index is 2.30. The Morgan fingerprint density at radius 3 is 2.73 bits per heavy atom. The molecule has 2 rings (SSSR count). The molecule has 0 heterocycles. The first kappa shape index (κ1) is 6.66. The molecule has 0 unspecified atom stereocenters. The van der Waals surface area contributed by atoms with E-state index in [9.17, 15) is 0 Å². The van der Waals surface area contributed by atoms with Crippen molar-refractivity contribution in [3.63, 3.8) is 0 Å². The number of allylic oxidation sites excluding steroid dienone is 2. The van der Waals surface area contributed by atoms with E-state index < -0.39 is 0 Å². The molecule has 1 aliphatic carbocycles. The Bertz CT molecular complexity index is 319. The van der Waals surface area contributed by atoms with Crippen molar-refractivity contribution >= 4 is 5.57 Å². The molecule has 0 aliphatic heterocycles. The molecule has 0 saturated carbocycles. The lowest BCUT2D eigenvalue weighted by atomic mass is 10.0. The zero-order valence-electron chi connectivity index (χ0n) is 7.02. The molecule has 0 aromatic heterocycles. The molecule has 1 aliphatic rings. The summed E-state index contributed by atoms with van der Waals surface area (Å²) in [5.74, 6) is 0. The Kier molecular flexibility index (Phi) is 1.35. The number of rotatable bonds is 0. The highest BCUT2D eigenvalue weighted by atomic mass is 14.2. The summed E-state index contributed by atoms with van der Waals surface area (Å²) in [6, 6.07) is 6.53. The summed E-state index contributed by atoms with van der Waals surface area (Å²) in [7, 11) is 0. The van der Waals surface area contributed by atoms with Crippen molar-refractivity contribution in [2.24, 2.45) is 0 Å². The molecule has 0 nitrogen and oxygen atoms in total. The van der Waals surface area contributed by atoms with E-state index in [1.165, 1.54) is 22.3 Å². The molecular formula is C11H12. The van der Waals surface area contributed by atoms with E-state index in [0.717, 1.165) is 6.42 Å². The molecule has 0 radical (unpaired) electrons. The molecule has 1 aromatic carbocycles. The van der Waals surface area contributed by atoms with E-state index >= 15 is 0 Å². The second kappa shape index (κ2) is 2.23. The van der Waals surface area contributed by atoms with Crippen LogP contribution < -0.4 is 0 Å². The van der Waals surface area contributed by atoms with Crippen LogP contribution in [0.1, 0.15) is 23.6 Å². The standard InChI is InChI=1S/C11H12/c1-8-4-3-5-10-9(2)6-7-11(8)10/h3-6H,7H2,1-2H3. The summed E-state index contributed by atoms with van der Waals surface area (Å²) in [6.07, 6.45) is 3.44. The van der Waals surface area contributed by atoms with Crippen LogP contribution in [0.3, 0.4) is 0 Å². The molecule has 0 bridgehead atoms. The van der Waals surface area contributed by atoms with E-state index in [1.807, 2.05) is 0 Å². The number of hydrogen-bond acceptors (Lipinski definition) is 0. The summed E-state index contributed by atoms with van der Waals surface area (Å²) >= 11 is 0. The van der Waals surface area contributed by atoms with Crippen molar-refractivity contribution in [3.05, 3.63) is 41.0 Å². The second-order valence-electron chi connectivity index (χ2n) is 3.19. The third-order valence-corrected chi connectivity index (χ3v) is 2.45. The highest BCUT2D eigenvalue weighted by Crippen LogP contribution is 2.28. The van der Waals surface area contributed by atoms with Crippen molar-refractivity contribution in [2.75, 3.05) is 0 Å². The third kappa shape index (κ3) is 0.900. The number of aryl methyl sites for hydroxylation is 1. The van der Waals surface area contributed by atoms with Gasteiger partial charge >= 0.3 is 0 Å². The van der Waals surface area contributed by atoms with Crippen LogP contribution in [0.4, 0.5) is 0 Å². The van der Waals surface area contributed by atoms with Crippen molar-refractivity contribution in [1.82, 2.24) is 0 Å². The predicted octanol–water partition coefficient (Wildman–Crippen LogP) is 2.95. The Hall–Kier alpha value is -1.04. The fourth-order valence-corrected chi connectivity index (χ4v) is 1.71. The van der Waals surface area contributed by atoms with E-state index in [2.05, 4.69) is 38.1 Å². The Labute approximate surface area is 67.6 Å². The fraction of sp³-hybridized carbons (Fsp3) is 0.273. The average Bonchev–Trinajstić information content (AvgIpc) is 2.35. The minimum atomic E-state index is 1.13. The van der Waals surface area contributed by atoms with E-state index in [4.69, 9.17) is 0 Å². The van der Waals surface area contributed by atoms with Gasteiger partial charge in [-0.05, 0) is 42.5 Å². The topological polar surface area (TPSA) is 0 Å². The van der Waals surface area contributed by atoms with Crippen molar-refractivity contribution in [1.29, 1.82) is 0 Å². The molecule has 11 heavy (non-hydrogen) atoms. The average molecular weight is 144 g/mol. The highest BCUT2D eigenvalue weighted by molar-refractivity contribution is 5.72. The molecule has 1 aromatic rings. The van der Waals surface area contributed by atoms with Crippen LogP contribution in [0.5, 0.6) is 0 Å². The summed E-state index contributed by atoms with van der Waals surface area (Å²) in [6.45, 7) is 4.37. The quantitative estimate of drug-likeness (QED) is 0.525. The fourth-order valence-electron chi connectivity index (χ4n) is 1.71. The monoisotopic (exact) mass is 144 g/mol. The highest BCUT2D eigenvalue weighted by Gasteiger charge is 2.10. The van der Waals surface area contributed by atoms with Gasteiger partial charge in [-0.15, -0.1) is 0 Å². The van der Waals surface area contributed by atoms with Gasteiger partial charge in [0.15, 0.2) is 0 Å². The van der Waals surface area contributed by atoms with Crippen molar-refractivity contribution in [2.45, 2.75) is 20.3 Å². The van der Waals surface area contributed by atoms with E-state index in [0.29, 0.717) is 0 Å². The van der Waals surface area contributed by atoms with Crippen molar-refractivity contribution < 1.29 is 0 Å². The van der Waals surface area contributed by atoms with Crippen LogP contribution in [0, 0.1) is 6.92 Å². The van der Waals surface area contributed by atoms with Gasteiger partial charge in [0.05, 0.1) is 0 Å². The summed E-state index contributed by atoms with van der Waals surface area (Å²) < 4.78 is 0. The van der Waals surface area contributed by atoms with Gasteiger partial charge in [0.2, 0.25) is 0 Å². The van der Waals surface area contributed by atoms with Gasteiger partial charge in [-0.1, -0.05) is 24.3 Å². The van der Waals surface area contributed by atoms with Gasteiger partial charge in [-0.3, -0.25) is 0 Å². The van der Waals surface area contributed by atoms with Crippen LogP contribution in [0.2, 0.25) is 0 Å². The molecule has 0 N–H and O–H groups in total. The Balaban J connectivity index is 2.64. The number of benzene rings is 1. The first-order valence-corrected chi connectivity index (χ1v) is 4.04. The second-order valence-corrected chi connectivity index (χ2v) is 3.19. The molecule has 0 spiro atoms. The Morgan fingerprint density at radius 2 is 2.00 bits per heavy atom. The first-order chi connectivity index (χ1) is 5.29. The normalized spacial score (nSPS) is 14.5. The molecule has 0 heteroatoms. The molecule has 0 amide bonds. The zero-order valence-corrected chi connectivity index (χ0v) is 7.02. The lowest BCUT2D eigenvalue weighted by Crippen LogP contribution is -1.86. The van der Waals surface area contributed by atoms with Gasteiger partial charge in [-0.25, -0.2) is 0 Å². The van der Waals surface area contributed by atoms with Gasteiger partial charge in [-0.2, -0.15) is 0 Å². The van der Waals surface area contributed by atoms with Crippen LogP contribution >= 0.6 is 0 Å². The maximum Gasteiger partial charge on any atom is -0.00828 e. The lowest BCUT2D eigenvalue weighted by molar-refractivity contribution is 1.24. The SMILES string of the molecule is CC1=CCc2c(C)cccc21. The van der Waals surface area contributed by atoms with Gasteiger partial charge in [0.1, 0.15) is 0 Å². The minimum absolute atomic E-state index is 1.13. The van der Waals surface area contributed by atoms with Gasteiger partial charge in [0, 0.05) is 0 Å². The van der Waals surface area contributed by atoms with Crippen LogP contribution in [0.25, 0.3) is 5.57 Å². The smallest absolute Gasteiger partial charge is 0.00828 e.